The van der Waals surface area contributed by atoms with Gasteiger partial charge < -0.3 is 20.9 Å². The van der Waals surface area contributed by atoms with Gasteiger partial charge in [-0.3, -0.25) is 14.6 Å². The first-order valence-electron chi connectivity index (χ1n) is 9.64. The fraction of sp³-hybridized carbons (Fsp3) is 0.550. The Bertz CT molecular complexity index is 790. The summed E-state index contributed by atoms with van der Waals surface area (Å²) >= 11 is 0. The smallest absolute Gasteiger partial charge is 0.252 e. The molecule has 2 fully saturated rings. The summed E-state index contributed by atoms with van der Waals surface area (Å²) in [7, 11) is 3.86. The molecule has 0 saturated carbocycles. The van der Waals surface area contributed by atoms with Crippen LogP contribution in [-0.4, -0.2) is 65.4 Å². The van der Waals surface area contributed by atoms with Gasteiger partial charge in [0.15, 0.2) is 0 Å². The van der Waals surface area contributed by atoms with E-state index in [1.807, 2.05) is 25.1 Å². The van der Waals surface area contributed by atoms with Crippen LogP contribution in [0.4, 0.5) is 5.69 Å². The molecule has 2 atom stereocenters. The van der Waals surface area contributed by atoms with Crippen LogP contribution in [0.1, 0.15) is 47.3 Å². The summed E-state index contributed by atoms with van der Waals surface area (Å²) in [6.07, 6.45) is 10.3. The Balaban J connectivity index is 1.53. The number of anilines is 1. The number of rotatable bonds is 5. The third kappa shape index (κ3) is 3.32. The molecule has 27 heavy (non-hydrogen) atoms. The van der Waals surface area contributed by atoms with Crippen molar-refractivity contribution in [3.63, 3.8) is 0 Å². The van der Waals surface area contributed by atoms with E-state index in [-0.39, 0.29) is 24.0 Å². The summed E-state index contributed by atoms with van der Waals surface area (Å²) in [5.41, 5.74) is 8.79. The molecule has 2 amide bonds. The van der Waals surface area contributed by atoms with Gasteiger partial charge in [-0.25, -0.2) is 0 Å². The standard InChI is InChI=1S/C20H27N5O2/c1-24(2)11-18(26)25-13-6-7-14(25)9-12(8-13)23-19-15-4-3-5-17(15)22-10-16(19)20(21)27/h3-4,10,12-14H,5-9,11H2,1-2H3,(H2,21,27)(H,22,23)/t13-,14-/m0/s1. The number of pyridine rings is 1. The molecule has 2 aliphatic heterocycles. The second-order valence-corrected chi connectivity index (χ2v) is 8.11. The maximum Gasteiger partial charge on any atom is 0.252 e. The Labute approximate surface area is 159 Å². The monoisotopic (exact) mass is 369 g/mol. The van der Waals surface area contributed by atoms with E-state index in [1.54, 1.807) is 6.20 Å². The van der Waals surface area contributed by atoms with Gasteiger partial charge in [0.1, 0.15) is 0 Å². The Morgan fingerprint density at radius 2 is 2.00 bits per heavy atom. The van der Waals surface area contributed by atoms with Crippen LogP contribution in [0.3, 0.4) is 0 Å². The zero-order valence-corrected chi connectivity index (χ0v) is 15.9. The van der Waals surface area contributed by atoms with Crippen LogP contribution in [0.15, 0.2) is 12.3 Å². The number of nitrogens with two attached hydrogens (primary N) is 1. The molecule has 7 heteroatoms. The highest BCUT2D eigenvalue weighted by Crippen LogP contribution is 2.38. The Morgan fingerprint density at radius 3 is 2.63 bits per heavy atom. The maximum atomic E-state index is 12.6. The minimum absolute atomic E-state index is 0.219. The van der Waals surface area contributed by atoms with Crippen LogP contribution in [0.5, 0.6) is 0 Å². The van der Waals surface area contributed by atoms with Gasteiger partial charge in [-0.05, 0) is 39.8 Å². The molecule has 7 nitrogen and oxygen atoms in total. The predicted molar refractivity (Wildman–Crippen MR) is 104 cm³/mol. The molecule has 3 heterocycles. The lowest BCUT2D eigenvalue weighted by Gasteiger charge is -2.40. The first-order chi connectivity index (χ1) is 12.9. The molecule has 0 spiro atoms. The largest absolute Gasteiger partial charge is 0.381 e. The molecule has 3 N–H and O–H groups in total. The number of allylic oxidation sites excluding steroid dienone is 1. The van der Waals surface area contributed by atoms with E-state index in [1.165, 1.54) is 0 Å². The maximum absolute atomic E-state index is 12.6. The summed E-state index contributed by atoms with van der Waals surface area (Å²) in [6.45, 7) is 0.458. The predicted octanol–water partition coefficient (Wildman–Crippen LogP) is 1.25. The van der Waals surface area contributed by atoms with Gasteiger partial charge in [-0.15, -0.1) is 0 Å². The Kier molecular flexibility index (Phi) is 4.63. The highest BCUT2D eigenvalue weighted by molar-refractivity contribution is 6.00. The lowest BCUT2D eigenvalue weighted by Crippen LogP contribution is -2.52. The molecule has 2 saturated heterocycles. The van der Waals surface area contributed by atoms with Gasteiger partial charge in [0.05, 0.1) is 23.5 Å². The van der Waals surface area contributed by atoms with Gasteiger partial charge in [-0.1, -0.05) is 12.2 Å². The van der Waals surface area contributed by atoms with Crippen molar-refractivity contribution in [3.8, 4) is 0 Å². The van der Waals surface area contributed by atoms with E-state index >= 15 is 0 Å². The summed E-state index contributed by atoms with van der Waals surface area (Å²) in [4.78, 5) is 32.9. The number of aromatic nitrogens is 1. The average Bonchev–Trinajstić information content (AvgIpc) is 3.17. The van der Waals surface area contributed by atoms with E-state index in [0.717, 1.165) is 49.0 Å². The molecule has 1 aromatic rings. The van der Waals surface area contributed by atoms with Crippen LogP contribution in [0, 0.1) is 0 Å². The van der Waals surface area contributed by atoms with Gasteiger partial charge in [-0.2, -0.15) is 0 Å². The Hall–Kier alpha value is -2.41. The SMILES string of the molecule is CN(C)CC(=O)N1[C@H]2CC[C@H]1CC(Nc1c(C(N)=O)cnc3c1C=CC3)C2. The highest BCUT2D eigenvalue weighted by Gasteiger charge is 2.43. The van der Waals surface area contributed by atoms with Crippen molar-refractivity contribution in [3.05, 3.63) is 29.1 Å². The number of primary amides is 1. The molecule has 1 aliphatic carbocycles. The van der Waals surface area contributed by atoms with Crippen molar-refractivity contribution in [2.75, 3.05) is 26.0 Å². The number of nitrogens with zero attached hydrogens (tertiary/aromatic N) is 3. The molecule has 3 aliphatic rings. The van der Waals surface area contributed by atoms with Crippen molar-refractivity contribution in [1.82, 2.24) is 14.8 Å². The zero-order chi connectivity index (χ0) is 19.1. The molecule has 1 aromatic heterocycles. The number of amides is 2. The van der Waals surface area contributed by atoms with Crippen molar-refractivity contribution in [2.24, 2.45) is 5.73 Å². The summed E-state index contributed by atoms with van der Waals surface area (Å²) in [5, 5.41) is 3.59. The molecule has 0 radical (unpaired) electrons. The second kappa shape index (κ2) is 6.96. The lowest BCUT2D eigenvalue weighted by atomic mass is 9.95. The molecule has 0 unspecified atom stereocenters. The fourth-order valence-electron chi connectivity index (χ4n) is 4.80. The van der Waals surface area contributed by atoms with Crippen LogP contribution < -0.4 is 11.1 Å². The summed E-state index contributed by atoms with van der Waals surface area (Å²) < 4.78 is 0. The Morgan fingerprint density at radius 1 is 1.30 bits per heavy atom. The van der Waals surface area contributed by atoms with Gasteiger partial charge >= 0.3 is 0 Å². The van der Waals surface area contributed by atoms with E-state index in [0.29, 0.717) is 12.1 Å². The molecule has 0 aromatic carbocycles. The van der Waals surface area contributed by atoms with Crippen LogP contribution in [0.2, 0.25) is 0 Å². The van der Waals surface area contributed by atoms with Crippen molar-refractivity contribution >= 4 is 23.6 Å². The van der Waals surface area contributed by atoms with Crippen LogP contribution in [-0.2, 0) is 11.2 Å². The zero-order valence-electron chi connectivity index (χ0n) is 15.9. The fourth-order valence-corrected chi connectivity index (χ4v) is 4.80. The van der Waals surface area contributed by atoms with E-state index < -0.39 is 5.91 Å². The number of hydrogen-bond donors (Lipinski definition) is 2. The van der Waals surface area contributed by atoms with Crippen molar-refractivity contribution < 1.29 is 9.59 Å². The number of carbonyl (C=O) groups is 2. The van der Waals surface area contributed by atoms with Crippen molar-refractivity contribution in [1.29, 1.82) is 0 Å². The van der Waals surface area contributed by atoms with Crippen molar-refractivity contribution in [2.45, 2.75) is 50.2 Å². The minimum atomic E-state index is -0.463. The minimum Gasteiger partial charge on any atom is -0.381 e. The first-order valence-corrected chi connectivity index (χ1v) is 9.64. The van der Waals surface area contributed by atoms with E-state index in [2.05, 4.69) is 21.3 Å². The highest BCUT2D eigenvalue weighted by atomic mass is 16.2. The van der Waals surface area contributed by atoms with Crippen LogP contribution >= 0.6 is 0 Å². The molecule has 4 rings (SSSR count). The number of carbonyl (C=O) groups excluding carboxylic acids is 2. The van der Waals surface area contributed by atoms with E-state index in [4.69, 9.17) is 5.73 Å². The topological polar surface area (TPSA) is 91.6 Å². The quantitative estimate of drug-likeness (QED) is 0.815. The van der Waals surface area contributed by atoms with E-state index in [9.17, 15) is 9.59 Å². The molecule has 144 valence electrons. The number of hydrogen-bond acceptors (Lipinski definition) is 5. The number of fused-ring (bicyclic) bond motifs is 3. The third-order valence-corrected chi connectivity index (χ3v) is 5.88. The van der Waals surface area contributed by atoms with Gasteiger partial charge in [0.25, 0.3) is 5.91 Å². The van der Waals surface area contributed by atoms with Gasteiger partial charge in [0, 0.05) is 36.3 Å². The first kappa shape index (κ1) is 18.0. The number of likely N-dealkylation sites (N-methyl/N-ethyl adjacent to an activating group) is 1. The molecular weight excluding hydrogens is 342 g/mol. The van der Waals surface area contributed by atoms with Crippen LogP contribution in [0.25, 0.3) is 6.08 Å². The third-order valence-electron chi connectivity index (χ3n) is 5.88. The lowest BCUT2D eigenvalue weighted by molar-refractivity contribution is -0.136. The average molecular weight is 369 g/mol. The number of piperidine rings is 1. The second-order valence-electron chi connectivity index (χ2n) is 8.11. The van der Waals surface area contributed by atoms with Gasteiger partial charge in [0.2, 0.25) is 5.91 Å². The molecular formula is C20H27N5O2. The summed E-state index contributed by atoms with van der Waals surface area (Å²) in [5.74, 6) is -0.244. The normalized spacial score (nSPS) is 25.7. The molecule has 2 bridgehead atoms. The summed E-state index contributed by atoms with van der Waals surface area (Å²) in [6, 6.07) is 0.775. The number of nitrogens with one attached hydrogen (secondary N) is 1.